The van der Waals surface area contributed by atoms with Gasteiger partial charge in [0.15, 0.2) is 6.61 Å². The Morgan fingerprint density at radius 1 is 1.08 bits per heavy atom. The van der Waals surface area contributed by atoms with Gasteiger partial charge in [0.2, 0.25) is 0 Å². The number of hydrogen-bond donors (Lipinski definition) is 0. The molecule has 0 bridgehead atoms. The Hall–Kier alpha value is -2.89. The molecule has 186 valence electrons. The van der Waals surface area contributed by atoms with Crippen LogP contribution in [0, 0.1) is 5.92 Å². The predicted molar refractivity (Wildman–Crippen MR) is 144 cm³/mol. The first-order valence-electron chi connectivity index (χ1n) is 12.4. The maximum absolute atomic E-state index is 13.4. The molecule has 0 saturated carbocycles. The van der Waals surface area contributed by atoms with E-state index in [0.717, 1.165) is 59.0 Å². The molecule has 0 unspecified atom stereocenters. The SMILES string of the molecule is CC1CCN(C(=O)COC(=O)c2c3c(nc4ccccc24)/C(=C/c2ccc(Cl)c(Cl)c2)CCC3)CC1. The standard InChI is InChI=1S/C29H28Cl2N2O3/c1-18-11-13-33(14-12-18)26(34)17-36-29(35)27-21-6-2-3-8-25(21)32-28-20(5-4-7-22(27)28)15-19-9-10-23(30)24(31)16-19/h2-3,6,8-10,15-16,18H,4-5,7,11-14,17H2,1H3/b20-15+. The van der Waals surface area contributed by atoms with E-state index in [4.69, 9.17) is 32.9 Å². The highest BCUT2D eigenvalue weighted by atomic mass is 35.5. The Morgan fingerprint density at radius 2 is 1.86 bits per heavy atom. The van der Waals surface area contributed by atoms with Gasteiger partial charge >= 0.3 is 5.97 Å². The number of ether oxygens (including phenoxy) is 1. The molecule has 0 atom stereocenters. The zero-order chi connectivity index (χ0) is 25.2. The molecule has 0 N–H and O–H groups in total. The number of carbonyl (C=O) groups excluding carboxylic acids is 2. The summed E-state index contributed by atoms with van der Waals surface area (Å²) in [7, 11) is 0. The molecular formula is C29H28Cl2N2O3. The molecule has 5 nitrogen and oxygen atoms in total. The Balaban J connectivity index is 1.48. The Labute approximate surface area is 221 Å². The summed E-state index contributed by atoms with van der Waals surface area (Å²) < 4.78 is 5.62. The van der Waals surface area contributed by atoms with E-state index in [0.29, 0.717) is 41.0 Å². The lowest BCUT2D eigenvalue weighted by molar-refractivity contribution is -0.135. The minimum Gasteiger partial charge on any atom is -0.452 e. The summed E-state index contributed by atoms with van der Waals surface area (Å²) >= 11 is 12.3. The number of hydrogen-bond acceptors (Lipinski definition) is 4. The van der Waals surface area contributed by atoms with Gasteiger partial charge in [0.05, 0.1) is 26.8 Å². The number of rotatable bonds is 4. The predicted octanol–water partition coefficient (Wildman–Crippen LogP) is 6.83. The van der Waals surface area contributed by atoms with Gasteiger partial charge in [0, 0.05) is 18.5 Å². The van der Waals surface area contributed by atoms with Crippen molar-refractivity contribution in [2.45, 2.75) is 39.0 Å². The van der Waals surface area contributed by atoms with Crippen molar-refractivity contribution in [2.75, 3.05) is 19.7 Å². The molecule has 1 aromatic heterocycles. The normalized spacial score (nSPS) is 17.3. The lowest BCUT2D eigenvalue weighted by atomic mass is 9.86. The van der Waals surface area contributed by atoms with Crippen molar-refractivity contribution < 1.29 is 14.3 Å². The summed E-state index contributed by atoms with van der Waals surface area (Å²) in [6.07, 6.45) is 6.45. The topological polar surface area (TPSA) is 59.5 Å². The second kappa shape index (κ2) is 10.6. The van der Waals surface area contributed by atoms with E-state index in [2.05, 4.69) is 13.0 Å². The van der Waals surface area contributed by atoms with Gasteiger partial charge in [0.1, 0.15) is 0 Å². The molecule has 7 heteroatoms. The highest BCUT2D eigenvalue weighted by Gasteiger charge is 2.27. The number of fused-ring (bicyclic) bond motifs is 2. The van der Waals surface area contributed by atoms with Crippen LogP contribution in [0.25, 0.3) is 22.6 Å². The minimum absolute atomic E-state index is 0.136. The maximum Gasteiger partial charge on any atom is 0.339 e. The summed E-state index contributed by atoms with van der Waals surface area (Å²) in [5.41, 5.74) is 4.86. The van der Waals surface area contributed by atoms with Crippen LogP contribution in [-0.2, 0) is 16.0 Å². The van der Waals surface area contributed by atoms with Crippen LogP contribution in [0.5, 0.6) is 0 Å². The van der Waals surface area contributed by atoms with Crippen LogP contribution in [0.15, 0.2) is 42.5 Å². The van der Waals surface area contributed by atoms with Gasteiger partial charge in [-0.05, 0) is 79.0 Å². The van der Waals surface area contributed by atoms with Crippen molar-refractivity contribution in [1.29, 1.82) is 0 Å². The van der Waals surface area contributed by atoms with Crippen LogP contribution < -0.4 is 0 Å². The van der Waals surface area contributed by atoms with Crippen molar-refractivity contribution in [2.24, 2.45) is 5.92 Å². The van der Waals surface area contributed by atoms with Crippen LogP contribution in [-0.4, -0.2) is 41.5 Å². The molecule has 0 radical (unpaired) electrons. The zero-order valence-corrected chi connectivity index (χ0v) is 21.7. The van der Waals surface area contributed by atoms with E-state index in [9.17, 15) is 9.59 Å². The van der Waals surface area contributed by atoms with Crippen LogP contribution in [0.3, 0.4) is 0 Å². The molecule has 2 aromatic carbocycles. The molecule has 1 aliphatic heterocycles. The Kier molecular flexibility index (Phi) is 7.31. The summed E-state index contributed by atoms with van der Waals surface area (Å²) in [5.74, 6) is 0.0134. The third-order valence-corrected chi connectivity index (χ3v) is 7.86. The number of benzene rings is 2. The molecule has 0 spiro atoms. The molecule has 2 aliphatic rings. The average Bonchev–Trinajstić information content (AvgIpc) is 2.88. The van der Waals surface area contributed by atoms with Crippen LogP contribution in [0.4, 0.5) is 0 Å². The molecule has 36 heavy (non-hydrogen) atoms. The number of pyridine rings is 1. The number of esters is 1. The number of para-hydroxylation sites is 1. The first-order valence-corrected chi connectivity index (χ1v) is 13.2. The molecule has 1 amide bonds. The van der Waals surface area contributed by atoms with Crippen molar-refractivity contribution in [3.8, 4) is 0 Å². The van der Waals surface area contributed by atoms with E-state index < -0.39 is 5.97 Å². The van der Waals surface area contributed by atoms with E-state index in [1.807, 2.05) is 36.4 Å². The van der Waals surface area contributed by atoms with Gasteiger partial charge in [-0.2, -0.15) is 0 Å². The van der Waals surface area contributed by atoms with E-state index in [1.54, 1.807) is 11.0 Å². The third kappa shape index (κ3) is 5.14. The minimum atomic E-state index is -0.473. The highest BCUT2D eigenvalue weighted by Crippen LogP contribution is 2.37. The highest BCUT2D eigenvalue weighted by molar-refractivity contribution is 6.42. The summed E-state index contributed by atoms with van der Waals surface area (Å²) in [5, 5.41) is 1.74. The van der Waals surface area contributed by atoms with Gasteiger partial charge in [-0.15, -0.1) is 0 Å². The second-order valence-electron chi connectivity index (χ2n) is 9.67. The summed E-state index contributed by atoms with van der Waals surface area (Å²) in [4.78, 5) is 32.9. The smallest absolute Gasteiger partial charge is 0.339 e. The molecule has 1 saturated heterocycles. The lowest BCUT2D eigenvalue weighted by Gasteiger charge is -2.30. The zero-order valence-electron chi connectivity index (χ0n) is 20.2. The van der Waals surface area contributed by atoms with Crippen molar-refractivity contribution >= 4 is 57.6 Å². The molecular weight excluding hydrogens is 495 g/mol. The van der Waals surface area contributed by atoms with E-state index in [1.165, 1.54) is 0 Å². The number of aromatic nitrogens is 1. The fraction of sp³-hybridized carbons (Fsp3) is 0.345. The van der Waals surface area contributed by atoms with Gasteiger partial charge in [-0.25, -0.2) is 9.78 Å². The largest absolute Gasteiger partial charge is 0.452 e. The second-order valence-corrected chi connectivity index (χ2v) is 10.5. The third-order valence-electron chi connectivity index (χ3n) is 7.12. The monoisotopic (exact) mass is 522 g/mol. The molecule has 5 rings (SSSR count). The van der Waals surface area contributed by atoms with Crippen molar-refractivity contribution in [3.05, 3.63) is 74.9 Å². The van der Waals surface area contributed by atoms with E-state index >= 15 is 0 Å². The first-order chi connectivity index (χ1) is 17.4. The summed E-state index contributed by atoms with van der Waals surface area (Å²) in [6, 6.07) is 13.1. The van der Waals surface area contributed by atoms with E-state index in [-0.39, 0.29) is 12.5 Å². The Bertz CT molecular complexity index is 1360. The van der Waals surface area contributed by atoms with Crippen molar-refractivity contribution in [3.63, 3.8) is 0 Å². The number of allylic oxidation sites excluding steroid dienone is 1. The number of carbonyl (C=O) groups is 2. The maximum atomic E-state index is 13.4. The van der Waals surface area contributed by atoms with Crippen LogP contribution >= 0.6 is 23.2 Å². The molecule has 2 heterocycles. The van der Waals surface area contributed by atoms with Gasteiger partial charge in [-0.3, -0.25) is 4.79 Å². The van der Waals surface area contributed by atoms with Crippen LogP contribution in [0.1, 0.15) is 59.8 Å². The fourth-order valence-corrected chi connectivity index (χ4v) is 5.37. The number of likely N-dealkylation sites (tertiary alicyclic amines) is 1. The quantitative estimate of drug-likeness (QED) is 0.352. The van der Waals surface area contributed by atoms with Crippen LogP contribution in [0.2, 0.25) is 10.0 Å². The number of halogens is 2. The Morgan fingerprint density at radius 3 is 2.64 bits per heavy atom. The molecule has 1 fully saturated rings. The first kappa shape index (κ1) is 24.8. The van der Waals surface area contributed by atoms with Gasteiger partial charge < -0.3 is 9.64 Å². The summed E-state index contributed by atoms with van der Waals surface area (Å²) in [6.45, 7) is 3.39. The van der Waals surface area contributed by atoms with Gasteiger partial charge in [-0.1, -0.05) is 54.4 Å². The fourth-order valence-electron chi connectivity index (χ4n) is 5.06. The number of nitrogens with zero attached hydrogens (tertiary/aromatic N) is 2. The molecule has 1 aliphatic carbocycles. The van der Waals surface area contributed by atoms with Gasteiger partial charge in [0.25, 0.3) is 5.91 Å². The average molecular weight is 523 g/mol. The molecule has 3 aromatic rings. The number of piperidine rings is 1. The van der Waals surface area contributed by atoms with Crippen molar-refractivity contribution in [1.82, 2.24) is 9.88 Å². The number of amides is 1. The lowest BCUT2D eigenvalue weighted by Crippen LogP contribution is -2.40.